The predicted molar refractivity (Wildman–Crippen MR) is 124 cm³/mol. The summed E-state index contributed by atoms with van der Waals surface area (Å²) in [6.45, 7) is 0.189. The molecule has 4 nitrogen and oxygen atoms in total. The number of rotatable bonds is 6. The van der Waals surface area contributed by atoms with Crippen molar-refractivity contribution in [3.8, 4) is 11.8 Å². The molecule has 3 aromatic rings. The number of nitrogens with zero attached hydrogens (tertiary/aromatic N) is 1. The molecular formula is C23H14BrCl2FN2O2. The van der Waals surface area contributed by atoms with Crippen LogP contribution in [0.4, 0.5) is 10.1 Å². The van der Waals surface area contributed by atoms with Crippen LogP contribution in [0.25, 0.3) is 6.08 Å². The molecular weight excluding hydrogens is 506 g/mol. The van der Waals surface area contributed by atoms with Gasteiger partial charge in [-0.1, -0.05) is 57.3 Å². The summed E-state index contributed by atoms with van der Waals surface area (Å²) < 4.78 is 19.7. The molecule has 0 unspecified atom stereocenters. The van der Waals surface area contributed by atoms with Gasteiger partial charge in [-0.05, 0) is 54.1 Å². The van der Waals surface area contributed by atoms with Crippen molar-refractivity contribution in [3.05, 3.63) is 97.7 Å². The molecule has 0 spiro atoms. The largest absolute Gasteiger partial charge is 0.488 e. The third-order valence-electron chi connectivity index (χ3n) is 4.14. The summed E-state index contributed by atoms with van der Waals surface area (Å²) in [7, 11) is 0. The number of carbonyl (C=O) groups excluding carboxylic acids is 1. The molecule has 1 N–H and O–H groups in total. The third-order valence-corrected chi connectivity index (χ3v) is 5.46. The van der Waals surface area contributed by atoms with E-state index in [-0.39, 0.29) is 28.0 Å². The molecule has 0 saturated carbocycles. The number of nitriles is 1. The van der Waals surface area contributed by atoms with E-state index in [1.165, 1.54) is 18.2 Å². The quantitative estimate of drug-likeness (QED) is 0.281. The summed E-state index contributed by atoms with van der Waals surface area (Å²) >= 11 is 15.4. The minimum absolute atomic E-state index is 0.152. The maximum absolute atomic E-state index is 13.1. The molecule has 0 radical (unpaired) electrons. The number of nitrogens with one attached hydrogen (secondary N) is 1. The average Bonchev–Trinajstić information content (AvgIpc) is 2.75. The van der Waals surface area contributed by atoms with Gasteiger partial charge in [-0.25, -0.2) is 4.39 Å². The molecule has 0 saturated heterocycles. The van der Waals surface area contributed by atoms with Gasteiger partial charge in [-0.2, -0.15) is 5.26 Å². The minimum atomic E-state index is -0.642. The molecule has 31 heavy (non-hydrogen) atoms. The first-order valence-electron chi connectivity index (χ1n) is 8.91. The van der Waals surface area contributed by atoms with Gasteiger partial charge < -0.3 is 10.1 Å². The van der Waals surface area contributed by atoms with Gasteiger partial charge in [0, 0.05) is 10.0 Å². The first-order chi connectivity index (χ1) is 14.9. The number of carbonyl (C=O) groups is 1. The lowest BCUT2D eigenvalue weighted by Gasteiger charge is -2.11. The highest BCUT2D eigenvalue weighted by Crippen LogP contribution is 2.30. The van der Waals surface area contributed by atoms with Crippen LogP contribution in [0, 0.1) is 17.1 Å². The van der Waals surface area contributed by atoms with E-state index in [1.54, 1.807) is 48.5 Å². The zero-order valence-electron chi connectivity index (χ0n) is 15.8. The monoisotopic (exact) mass is 518 g/mol. The Morgan fingerprint density at radius 3 is 2.61 bits per heavy atom. The fraction of sp³-hybridized carbons (Fsp3) is 0.0435. The number of hydrogen-bond acceptors (Lipinski definition) is 3. The Balaban J connectivity index is 1.84. The van der Waals surface area contributed by atoms with Crippen LogP contribution in [0.5, 0.6) is 5.75 Å². The number of ether oxygens (including phenoxy) is 1. The van der Waals surface area contributed by atoms with Gasteiger partial charge in [0.2, 0.25) is 0 Å². The first-order valence-corrected chi connectivity index (χ1v) is 10.5. The van der Waals surface area contributed by atoms with Gasteiger partial charge in [0.05, 0.1) is 15.7 Å². The molecule has 0 heterocycles. The van der Waals surface area contributed by atoms with E-state index in [4.69, 9.17) is 27.9 Å². The van der Waals surface area contributed by atoms with Crippen LogP contribution in [0.3, 0.4) is 0 Å². The first kappa shape index (κ1) is 22.8. The lowest BCUT2D eigenvalue weighted by atomic mass is 10.1. The highest BCUT2D eigenvalue weighted by atomic mass is 79.9. The summed E-state index contributed by atoms with van der Waals surface area (Å²) in [5.74, 6) is -0.523. The van der Waals surface area contributed by atoms with Gasteiger partial charge in [-0.15, -0.1) is 0 Å². The van der Waals surface area contributed by atoms with Gasteiger partial charge in [-0.3, -0.25) is 4.79 Å². The highest BCUT2D eigenvalue weighted by Gasteiger charge is 2.14. The summed E-state index contributed by atoms with van der Waals surface area (Å²) in [6, 6.07) is 17.8. The Kier molecular flexibility index (Phi) is 7.69. The summed E-state index contributed by atoms with van der Waals surface area (Å²) in [5, 5.41) is 12.6. The zero-order valence-corrected chi connectivity index (χ0v) is 18.9. The molecule has 0 aliphatic rings. The highest BCUT2D eigenvalue weighted by molar-refractivity contribution is 9.10. The van der Waals surface area contributed by atoms with E-state index < -0.39 is 5.91 Å². The lowest BCUT2D eigenvalue weighted by molar-refractivity contribution is -0.112. The van der Waals surface area contributed by atoms with Crippen molar-refractivity contribution in [1.29, 1.82) is 5.26 Å². The molecule has 3 rings (SSSR count). The Morgan fingerprint density at radius 2 is 1.90 bits per heavy atom. The second kappa shape index (κ2) is 10.5. The number of amides is 1. The zero-order chi connectivity index (χ0) is 22.4. The van der Waals surface area contributed by atoms with Gasteiger partial charge >= 0.3 is 0 Å². The van der Waals surface area contributed by atoms with E-state index >= 15 is 0 Å². The van der Waals surface area contributed by atoms with Crippen LogP contribution in [0.1, 0.15) is 11.1 Å². The molecule has 0 aromatic heterocycles. The smallest absolute Gasteiger partial charge is 0.266 e. The van der Waals surface area contributed by atoms with E-state index in [1.807, 2.05) is 6.07 Å². The Morgan fingerprint density at radius 1 is 1.16 bits per heavy atom. The number of anilines is 1. The fourth-order valence-corrected chi connectivity index (χ4v) is 3.33. The maximum Gasteiger partial charge on any atom is 0.266 e. The van der Waals surface area contributed by atoms with Crippen molar-refractivity contribution in [3.63, 3.8) is 0 Å². The Hall–Kier alpha value is -2.85. The van der Waals surface area contributed by atoms with Gasteiger partial charge in [0.1, 0.15) is 29.8 Å². The molecule has 0 atom stereocenters. The van der Waals surface area contributed by atoms with E-state index in [2.05, 4.69) is 21.2 Å². The number of halogens is 4. The number of benzene rings is 3. The van der Waals surface area contributed by atoms with Crippen LogP contribution in [0.15, 0.2) is 70.7 Å². The summed E-state index contributed by atoms with van der Waals surface area (Å²) in [4.78, 5) is 12.6. The minimum Gasteiger partial charge on any atom is -0.488 e. The van der Waals surface area contributed by atoms with Crippen LogP contribution in [-0.2, 0) is 11.4 Å². The Labute approximate surface area is 197 Å². The normalized spacial score (nSPS) is 11.0. The van der Waals surface area contributed by atoms with Crippen molar-refractivity contribution >= 4 is 56.8 Å². The Bertz CT molecular complexity index is 1190. The predicted octanol–water partition coefficient (Wildman–Crippen LogP) is 7.02. The molecule has 156 valence electrons. The summed E-state index contributed by atoms with van der Waals surface area (Å²) in [6.07, 6.45) is 1.42. The van der Waals surface area contributed by atoms with Crippen molar-refractivity contribution in [2.45, 2.75) is 6.61 Å². The molecule has 3 aromatic carbocycles. The second-order valence-electron chi connectivity index (χ2n) is 6.32. The SMILES string of the molecule is N#C/C(=C/c1cc(Br)ccc1OCc1ccc(F)cc1)C(=O)Nc1cccc(Cl)c1Cl. The van der Waals surface area contributed by atoms with E-state index in [0.717, 1.165) is 10.0 Å². The van der Waals surface area contributed by atoms with Crippen LogP contribution >= 0.6 is 39.1 Å². The van der Waals surface area contributed by atoms with Crippen LogP contribution in [0.2, 0.25) is 10.0 Å². The van der Waals surface area contributed by atoms with Crippen molar-refractivity contribution in [2.75, 3.05) is 5.32 Å². The van der Waals surface area contributed by atoms with Gasteiger partial charge in [0.25, 0.3) is 5.91 Å². The third kappa shape index (κ3) is 6.08. The van der Waals surface area contributed by atoms with E-state index in [9.17, 15) is 14.4 Å². The summed E-state index contributed by atoms with van der Waals surface area (Å²) in [5.41, 5.74) is 1.43. The topological polar surface area (TPSA) is 62.1 Å². The standard InChI is InChI=1S/C23H14BrCl2FN2O2/c24-17-6-9-21(31-13-14-4-7-18(27)8-5-14)15(11-17)10-16(12-28)23(30)29-20-3-1-2-19(25)22(20)26/h1-11H,13H2,(H,29,30)/b16-10-. The van der Waals surface area contributed by atoms with E-state index in [0.29, 0.717) is 17.0 Å². The molecule has 0 aliphatic carbocycles. The van der Waals surface area contributed by atoms with Crippen LogP contribution < -0.4 is 10.1 Å². The molecule has 1 amide bonds. The number of hydrogen-bond donors (Lipinski definition) is 1. The average molecular weight is 520 g/mol. The molecule has 0 fully saturated rings. The van der Waals surface area contributed by atoms with Gasteiger partial charge in [0.15, 0.2) is 0 Å². The fourth-order valence-electron chi connectivity index (χ4n) is 2.60. The molecule has 0 bridgehead atoms. The molecule has 0 aliphatic heterocycles. The lowest BCUT2D eigenvalue weighted by Crippen LogP contribution is -2.14. The van der Waals surface area contributed by atoms with Crippen molar-refractivity contribution in [1.82, 2.24) is 0 Å². The van der Waals surface area contributed by atoms with Crippen LogP contribution in [-0.4, -0.2) is 5.91 Å². The van der Waals surface area contributed by atoms with Crippen molar-refractivity contribution < 1.29 is 13.9 Å². The second-order valence-corrected chi connectivity index (χ2v) is 8.02. The maximum atomic E-state index is 13.1. The van der Waals surface area contributed by atoms with Crippen molar-refractivity contribution in [2.24, 2.45) is 0 Å². The molecule has 8 heteroatoms.